The van der Waals surface area contributed by atoms with E-state index < -0.39 is 0 Å². The fraction of sp³-hybridized carbons (Fsp3) is 0.471. The number of hydrogen-bond donors (Lipinski definition) is 1. The van der Waals surface area contributed by atoms with Crippen LogP contribution >= 0.6 is 11.6 Å². The van der Waals surface area contributed by atoms with Gasteiger partial charge in [-0.05, 0) is 31.0 Å². The minimum absolute atomic E-state index is 0.0703. The van der Waals surface area contributed by atoms with Crippen molar-refractivity contribution in [2.24, 2.45) is 0 Å². The molecule has 0 spiro atoms. The molecule has 2 heterocycles. The van der Waals surface area contributed by atoms with Gasteiger partial charge in [0.05, 0.1) is 12.1 Å². The van der Waals surface area contributed by atoms with Gasteiger partial charge in [0.25, 0.3) is 5.91 Å². The van der Waals surface area contributed by atoms with E-state index in [2.05, 4.69) is 15.4 Å². The van der Waals surface area contributed by atoms with Gasteiger partial charge in [0, 0.05) is 32.1 Å². The molecule has 3 rings (SSSR count). The van der Waals surface area contributed by atoms with Gasteiger partial charge in [-0.15, -0.1) is 0 Å². The molecule has 0 aromatic carbocycles. The second-order valence-electron chi connectivity index (χ2n) is 6.35. The number of halogens is 1. The van der Waals surface area contributed by atoms with E-state index in [-0.39, 0.29) is 18.0 Å². The van der Waals surface area contributed by atoms with Crippen molar-refractivity contribution in [2.75, 3.05) is 19.0 Å². The van der Waals surface area contributed by atoms with E-state index in [0.29, 0.717) is 16.5 Å². The highest BCUT2D eigenvalue weighted by Crippen LogP contribution is 2.28. The van der Waals surface area contributed by atoms with Crippen molar-refractivity contribution in [1.29, 1.82) is 0 Å². The highest BCUT2D eigenvalue weighted by molar-refractivity contribution is 6.29. The fourth-order valence-electron chi connectivity index (χ4n) is 3.17. The van der Waals surface area contributed by atoms with E-state index in [0.717, 1.165) is 25.7 Å². The Bertz CT molecular complexity index is 701. The highest BCUT2D eigenvalue weighted by atomic mass is 35.5. The van der Waals surface area contributed by atoms with Crippen LogP contribution in [0.4, 0.5) is 5.82 Å². The fourth-order valence-corrected chi connectivity index (χ4v) is 3.37. The SMILES string of the molecule is CN(C)c1cc(C(=O)N[C@@H]2CCCC[C@@H]2n2cccn2)cc(Cl)n1. The van der Waals surface area contributed by atoms with Crippen LogP contribution < -0.4 is 10.2 Å². The maximum absolute atomic E-state index is 12.7. The minimum atomic E-state index is -0.119. The van der Waals surface area contributed by atoms with Crippen LogP contribution in [0.25, 0.3) is 0 Å². The van der Waals surface area contributed by atoms with Crippen LogP contribution in [-0.2, 0) is 0 Å². The van der Waals surface area contributed by atoms with Gasteiger partial charge in [-0.3, -0.25) is 9.48 Å². The molecule has 1 aliphatic rings. The summed E-state index contributed by atoms with van der Waals surface area (Å²) in [6.45, 7) is 0. The number of nitrogens with one attached hydrogen (secondary N) is 1. The molecule has 1 amide bonds. The van der Waals surface area contributed by atoms with Gasteiger partial charge in [-0.25, -0.2) is 4.98 Å². The molecule has 1 saturated carbocycles. The zero-order valence-corrected chi connectivity index (χ0v) is 14.7. The molecule has 0 unspecified atom stereocenters. The molecule has 1 fully saturated rings. The van der Waals surface area contributed by atoms with Crippen molar-refractivity contribution in [1.82, 2.24) is 20.1 Å². The number of carbonyl (C=O) groups excluding carboxylic acids is 1. The number of pyridine rings is 1. The quantitative estimate of drug-likeness (QED) is 0.864. The smallest absolute Gasteiger partial charge is 0.251 e. The summed E-state index contributed by atoms with van der Waals surface area (Å²) in [5.74, 6) is 0.548. The van der Waals surface area contributed by atoms with Gasteiger partial charge in [-0.1, -0.05) is 24.4 Å². The average molecular weight is 348 g/mol. The molecule has 2 atom stereocenters. The summed E-state index contributed by atoms with van der Waals surface area (Å²) in [5.41, 5.74) is 0.531. The van der Waals surface area contributed by atoms with Crippen molar-refractivity contribution in [3.05, 3.63) is 41.3 Å². The number of rotatable bonds is 4. The molecule has 2 aromatic rings. The Hall–Kier alpha value is -2.08. The molecule has 6 nitrogen and oxygen atoms in total. The standard InChI is InChI=1S/C17H22ClN5O/c1-22(2)16-11-12(10-15(18)21-16)17(24)20-13-6-3-4-7-14(13)23-9-5-8-19-23/h5,8-11,13-14H,3-4,6-7H2,1-2H3,(H,20,24)/t13-,14+/m1/s1. The van der Waals surface area contributed by atoms with Crippen LogP contribution in [0.1, 0.15) is 42.1 Å². The second-order valence-corrected chi connectivity index (χ2v) is 6.74. The molecule has 24 heavy (non-hydrogen) atoms. The van der Waals surface area contributed by atoms with Gasteiger partial charge in [0.1, 0.15) is 11.0 Å². The molecule has 0 saturated heterocycles. The average Bonchev–Trinajstić information content (AvgIpc) is 3.09. The van der Waals surface area contributed by atoms with Crippen molar-refractivity contribution >= 4 is 23.3 Å². The van der Waals surface area contributed by atoms with E-state index in [1.165, 1.54) is 0 Å². The largest absolute Gasteiger partial charge is 0.363 e. The van der Waals surface area contributed by atoms with Gasteiger partial charge in [-0.2, -0.15) is 5.10 Å². The molecule has 0 aliphatic heterocycles. The van der Waals surface area contributed by atoms with Crippen molar-refractivity contribution in [2.45, 2.75) is 37.8 Å². The third kappa shape index (κ3) is 3.70. The van der Waals surface area contributed by atoms with Crippen molar-refractivity contribution in [3.8, 4) is 0 Å². The topological polar surface area (TPSA) is 63.1 Å². The van der Waals surface area contributed by atoms with Crippen LogP contribution in [0.15, 0.2) is 30.6 Å². The Balaban J connectivity index is 1.78. The number of anilines is 1. The van der Waals surface area contributed by atoms with E-state index in [1.807, 2.05) is 35.9 Å². The highest BCUT2D eigenvalue weighted by Gasteiger charge is 2.28. The second kappa shape index (κ2) is 7.21. The maximum Gasteiger partial charge on any atom is 0.251 e. The zero-order valence-electron chi connectivity index (χ0n) is 13.9. The zero-order chi connectivity index (χ0) is 17.1. The monoisotopic (exact) mass is 347 g/mol. The summed E-state index contributed by atoms with van der Waals surface area (Å²) < 4.78 is 1.95. The number of amides is 1. The first kappa shape index (κ1) is 16.8. The Kier molecular flexibility index (Phi) is 5.04. The molecular formula is C17H22ClN5O. The van der Waals surface area contributed by atoms with Crippen molar-refractivity contribution in [3.63, 3.8) is 0 Å². The third-order valence-electron chi connectivity index (χ3n) is 4.41. The van der Waals surface area contributed by atoms with Gasteiger partial charge in [0.15, 0.2) is 0 Å². The molecule has 2 aromatic heterocycles. The molecule has 128 valence electrons. The van der Waals surface area contributed by atoms with E-state index in [4.69, 9.17) is 11.6 Å². The first-order valence-electron chi connectivity index (χ1n) is 8.19. The predicted molar refractivity (Wildman–Crippen MR) is 94.6 cm³/mol. The number of hydrogen-bond acceptors (Lipinski definition) is 4. The van der Waals surface area contributed by atoms with E-state index in [1.54, 1.807) is 18.3 Å². The van der Waals surface area contributed by atoms with Crippen LogP contribution in [-0.4, -0.2) is 40.8 Å². The van der Waals surface area contributed by atoms with Crippen LogP contribution in [0.3, 0.4) is 0 Å². The summed E-state index contributed by atoms with van der Waals surface area (Å²) in [7, 11) is 3.74. The molecular weight excluding hydrogens is 326 g/mol. The summed E-state index contributed by atoms with van der Waals surface area (Å²) in [5, 5.41) is 7.83. The molecule has 7 heteroatoms. The van der Waals surface area contributed by atoms with Crippen LogP contribution in [0.5, 0.6) is 0 Å². The summed E-state index contributed by atoms with van der Waals surface area (Å²) in [6.07, 6.45) is 7.98. The minimum Gasteiger partial charge on any atom is -0.363 e. The lowest BCUT2D eigenvalue weighted by Crippen LogP contribution is -2.43. The van der Waals surface area contributed by atoms with Crippen LogP contribution in [0.2, 0.25) is 5.15 Å². The van der Waals surface area contributed by atoms with E-state index >= 15 is 0 Å². The van der Waals surface area contributed by atoms with Gasteiger partial charge in [0.2, 0.25) is 0 Å². The van der Waals surface area contributed by atoms with E-state index in [9.17, 15) is 4.79 Å². The number of carbonyl (C=O) groups is 1. The molecule has 1 aliphatic carbocycles. The third-order valence-corrected chi connectivity index (χ3v) is 4.61. The van der Waals surface area contributed by atoms with Crippen molar-refractivity contribution < 1.29 is 4.79 Å². The van der Waals surface area contributed by atoms with Gasteiger partial charge < -0.3 is 10.2 Å². The summed E-state index contributed by atoms with van der Waals surface area (Å²) in [4.78, 5) is 18.8. The Morgan fingerprint density at radius 3 is 2.83 bits per heavy atom. The van der Waals surface area contributed by atoms with Crippen LogP contribution in [0, 0.1) is 0 Å². The number of aromatic nitrogens is 3. The van der Waals surface area contributed by atoms with Gasteiger partial charge >= 0.3 is 0 Å². The summed E-state index contributed by atoms with van der Waals surface area (Å²) >= 11 is 6.06. The lowest BCUT2D eigenvalue weighted by atomic mass is 9.90. The lowest BCUT2D eigenvalue weighted by Gasteiger charge is -2.32. The molecule has 1 N–H and O–H groups in total. The molecule has 0 radical (unpaired) electrons. The summed E-state index contributed by atoms with van der Waals surface area (Å²) in [6, 6.07) is 5.55. The predicted octanol–water partition coefficient (Wildman–Crippen LogP) is 2.91. The maximum atomic E-state index is 12.7. The first-order chi connectivity index (χ1) is 11.5. The Labute approximate surface area is 146 Å². The normalized spacial score (nSPS) is 20.6. The Morgan fingerprint density at radius 1 is 1.33 bits per heavy atom. The first-order valence-corrected chi connectivity index (χ1v) is 8.57. The number of nitrogens with zero attached hydrogens (tertiary/aromatic N) is 4. The lowest BCUT2D eigenvalue weighted by molar-refractivity contribution is 0.0905. The molecule has 0 bridgehead atoms. The Morgan fingerprint density at radius 2 is 2.12 bits per heavy atom.